The number of hydrogen-bond donors (Lipinski definition) is 1. The van der Waals surface area contributed by atoms with E-state index in [1.54, 1.807) is 12.3 Å². The zero-order chi connectivity index (χ0) is 13.6. The van der Waals surface area contributed by atoms with E-state index >= 15 is 0 Å². The number of alkyl halides is 1. The maximum absolute atomic E-state index is 12.0. The molecule has 0 bridgehead atoms. The van der Waals surface area contributed by atoms with E-state index < -0.39 is 10.0 Å². The van der Waals surface area contributed by atoms with Gasteiger partial charge in [-0.15, -0.1) is 11.6 Å². The second-order valence-corrected chi connectivity index (χ2v) is 6.39. The number of halogens is 1. The molecule has 1 rings (SSSR count). The molecule has 1 aromatic heterocycles. The summed E-state index contributed by atoms with van der Waals surface area (Å²) in [4.78, 5) is 3.99. The number of nitrogens with one attached hydrogen (secondary N) is 1. The van der Waals surface area contributed by atoms with Gasteiger partial charge in [0, 0.05) is 24.8 Å². The zero-order valence-corrected chi connectivity index (χ0v) is 12.3. The second kappa shape index (κ2) is 6.50. The van der Waals surface area contributed by atoms with Crippen molar-refractivity contribution in [3.8, 4) is 0 Å². The van der Waals surface area contributed by atoms with Crippen LogP contribution >= 0.6 is 11.6 Å². The number of sulfonamides is 1. The molecule has 4 nitrogen and oxygen atoms in total. The standard InChI is InChI=1S/C12H19ClN2O2S/c1-3-12(4-2,9-13)10-15-18(16,17)11-6-5-7-14-8-11/h5-8,15H,3-4,9-10H2,1-2H3. The summed E-state index contributed by atoms with van der Waals surface area (Å²) in [6.07, 6.45) is 4.55. The van der Waals surface area contributed by atoms with Crippen LogP contribution in [0, 0.1) is 5.41 Å². The van der Waals surface area contributed by atoms with Gasteiger partial charge in [0.25, 0.3) is 0 Å². The smallest absolute Gasteiger partial charge is 0.242 e. The van der Waals surface area contributed by atoms with E-state index in [9.17, 15) is 8.42 Å². The molecular weight excluding hydrogens is 272 g/mol. The summed E-state index contributed by atoms with van der Waals surface area (Å²) in [5.74, 6) is 0.440. The third-order valence-electron chi connectivity index (χ3n) is 3.37. The van der Waals surface area contributed by atoms with Crippen molar-refractivity contribution < 1.29 is 8.42 Å². The van der Waals surface area contributed by atoms with Crippen molar-refractivity contribution in [3.05, 3.63) is 24.5 Å². The van der Waals surface area contributed by atoms with E-state index in [-0.39, 0.29) is 10.3 Å². The average Bonchev–Trinajstić information content (AvgIpc) is 2.42. The van der Waals surface area contributed by atoms with Gasteiger partial charge in [-0.25, -0.2) is 13.1 Å². The maximum atomic E-state index is 12.0. The first-order chi connectivity index (χ1) is 8.49. The van der Waals surface area contributed by atoms with Crippen molar-refractivity contribution in [1.29, 1.82) is 0 Å². The van der Waals surface area contributed by atoms with Gasteiger partial charge >= 0.3 is 0 Å². The van der Waals surface area contributed by atoms with Gasteiger partial charge in [0.2, 0.25) is 10.0 Å². The van der Waals surface area contributed by atoms with Crippen LogP contribution in [0.15, 0.2) is 29.4 Å². The van der Waals surface area contributed by atoms with Crippen molar-refractivity contribution in [3.63, 3.8) is 0 Å². The Balaban J connectivity index is 2.79. The highest BCUT2D eigenvalue weighted by Gasteiger charge is 2.27. The molecule has 0 aliphatic rings. The van der Waals surface area contributed by atoms with E-state index in [1.807, 2.05) is 13.8 Å². The fourth-order valence-electron chi connectivity index (χ4n) is 1.57. The lowest BCUT2D eigenvalue weighted by molar-refractivity contribution is 0.304. The fraction of sp³-hybridized carbons (Fsp3) is 0.583. The minimum atomic E-state index is -3.49. The van der Waals surface area contributed by atoms with Crippen molar-refractivity contribution >= 4 is 21.6 Å². The zero-order valence-electron chi connectivity index (χ0n) is 10.7. The van der Waals surface area contributed by atoms with E-state index in [0.717, 1.165) is 12.8 Å². The Morgan fingerprint density at radius 3 is 2.50 bits per heavy atom. The topological polar surface area (TPSA) is 59.1 Å². The van der Waals surface area contributed by atoms with Gasteiger partial charge in [-0.1, -0.05) is 13.8 Å². The Kier molecular flexibility index (Phi) is 5.56. The summed E-state index contributed by atoms with van der Waals surface area (Å²) < 4.78 is 26.7. The van der Waals surface area contributed by atoms with Crippen LogP contribution in [0.2, 0.25) is 0 Å². The summed E-state index contributed by atoms with van der Waals surface area (Å²) >= 11 is 5.95. The predicted molar refractivity (Wildman–Crippen MR) is 73.2 cm³/mol. The SMILES string of the molecule is CCC(CC)(CCl)CNS(=O)(=O)c1cccnc1. The first-order valence-electron chi connectivity index (χ1n) is 5.95. The molecule has 0 spiro atoms. The Bertz CT molecular complexity index is 450. The number of rotatable bonds is 7. The van der Waals surface area contributed by atoms with E-state index in [0.29, 0.717) is 12.4 Å². The van der Waals surface area contributed by atoms with Crippen molar-refractivity contribution in [2.24, 2.45) is 5.41 Å². The van der Waals surface area contributed by atoms with Crippen molar-refractivity contribution in [2.75, 3.05) is 12.4 Å². The van der Waals surface area contributed by atoms with Crippen LogP contribution in [0.1, 0.15) is 26.7 Å². The highest BCUT2D eigenvalue weighted by Crippen LogP contribution is 2.27. The van der Waals surface area contributed by atoms with Crippen LogP contribution in [0.25, 0.3) is 0 Å². The number of aromatic nitrogens is 1. The molecule has 0 saturated heterocycles. The highest BCUT2D eigenvalue weighted by atomic mass is 35.5. The van der Waals surface area contributed by atoms with Crippen LogP contribution in [-0.4, -0.2) is 25.8 Å². The highest BCUT2D eigenvalue weighted by molar-refractivity contribution is 7.89. The molecule has 0 aliphatic carbocycles. The fourth-order valence-corrected chi connectivity index (χ4v) is 3.17. The quantitative estimate of drug-likeness (QED) is 0.785. The predicted octanol–water partition coefficient (Wildman–Crippen LogP) is 2.41. The molecule has 0 atom stereocenters. The monoisotopic (exact) mass is 290 g/mol. The van der Waals surface area contributed by atoms with E-state index in [1.165, 1.54) is 12.3 Å². The Hall–Kier alpha value is -0.650. The third-order valence-corrected chi connectivity index (χ3v) is 5.32. The van der Waals surface area contributed by atoms with Gasteiger partial charge < -0.3 is 0 Å². The summed E-state index contributed by atoms with van der Waals surface area (Å²) in [5.41, 5.74) is -0.184. The van der Waals surface area contributed by atoms with Crippen LogP contribution in [-0.2, 0) is 10.0 Å². The molecule has 102 valence electrons. The lowest BCUT2D eigenvalue weighted by Gasteiger charge is -2.29. The molecule has 0 amide bonds. The van der Waals surface area contributed by atoms with Crippen LogP contribution in [0.3, 0.4) is 0 Å². The minimum absolute atomic E-state index is 0.181. The lowest BCUT2D eigenvalue weighted by atomic mass is 9.85. The summed E-state index contributed by atoms with van der Waals surface area (Å²) in [5, 5.41) is 0. The maximum Gasteiger partial charge on any atom is 0.242 e. The van der Waals surface area contributed by atoms with Crippen molar-refractivity contribution in [1.82, 2.24) is 9.71 Å². The van der Waals surface area contributed by atoms with Crippen LogP contribution in [0.5, 0.6) is 0 Å². The Morgan fingerprint density at radius 2 is 2.06 bits per heavy atom. The van der Waals surface area contributed by atoms with E-state index in [4.69, 9.17) is 11.6 Å². The molecule has 1 aromatic rings. The first kappa shape index (κ1) is 15.4. The van der Waals surface area contributed by atoms with Gasteiger partial charge in [-0.2, -0.15) is 0 Å². The summed E-state index contributed by atoms with van der Waals surface area (Å²) in [6, 6.07) is 3.12. The van der Waals surface area contributed by atoms with Gasteiger partial charge in [-0.05, 0) is 30.4 Å². The van der Waals surface area contributed by atoms with E-state index in [2.05, 4.69) is 9.71 Å². The molecule has 0 fully saturated rings. The molecule has 0 unspecified atom stereocenters. The molecule has 18 heavy (non-hydrogen) atoms. The summed E-state index contributed by atoms with van der Waals surface area (Å²) in [6.45, 7) is 4.38. The largest absolute Gasteiger partial charge is 0.263 e. The molecule has 1 N–H and O–H groups in total. The molecule has 0 aliphatic heterocycles. The second-order valence-electron chi connectivity index (χ2n) is 4.35. The van der Waals surface area contributed by atoms with Gasteiger partial charge in [0.1, 0.15) is 4.90 Å². The van der Waals surface area contributed by atoms with Crippen LogP contribution in [0.4, 0.5) is 0 Å². The normalized spacial score (nSPS) is 12.6. The summed E-state index contributed by atoms with van der Waals surface area (Å²) in [7, 11) is -3.49. The first-order valence-corrected chi connectivity index (χ1v) is 7.97. The van der Waals surface area contributed by atoms with Crippen LogP contribution < -0.4 is 4.72 Å². The lowest BCUT2D eigenvalue weighted by Crippen LogP contribution is -2.38. The molecule has 1 heterocycles. The molecule has 6 heteroatoms. The van der Waals surface area contributed by atoms with Gasteiger partial charge in [-0.3, -0.25) is 4.98 Å². The Morgan fingerprint density at radius 1 is 1.39 bits per heavy atom. The van der Waals surface area contributed by atoms with Crippen molar-refractivity contribution in [2.45, 2.75) is 31.6 Å². The molecule has 0 aromatic carbocycles. The minimum Gasteiger partial charge on any atom is -0.263 e. The number of hydrogen-bond acceptors (Lipinski definition) is 3. The molecule has 0 saturated carbocycles. The average molecular weight is 291 g/mol. The Labute approximate surface area is 114 Å². The van der Waals surface area contributed by atoms with Gasteiger partial charge in [0.05, 0.1) is 0 Å². The number of nitrogens with zero attached hydrogens (tertiary/aromatic N) is 1. The third kappa shape index (κ3) is 3.67. The number of pyridine rings is 1. The van der Waals surface area contributed by atoms with Gasteiger partial charge in [0.15, 0.2) is 0 Å². The molecular formula is C12H19ClN2O2S. The molecule has 0 radical (unpaired) electrons.